The van der Waals surface area contributed by atoms with Crippen molar-refractivity contribution in [2.45, 2.75) is 13.5 Å². The summed E-state index contributed by atoms with van der Waals surface area (Å²) in [5.41, 5.74) is 2.66. The fourth-order valence-electron chi connectivity index (χ4n) is 1.92. The van der Waals surface area contributed by atoms with E-state index in [2.05, 4.69) is 22.5 Å². The van der Waals surface area contributed by atoms with E-state index in [0.29, 0.717) is 5.70 Å². The largest absolute Gasteiger partial charge is 0.369 e. The lowest BCUT2D eigenvalue weighted by molar-refractivity contribution is 0.537. The second-order valence-electron chi connectivity index (χ2n) is 4.24. The van der Waals surface area contributed by atoms with Crippen LogP contribution in [0.2, 0.25) is 0 Å². The lowest BCUT2D eigenvalue weighted by Crippen LogP contribution is -2.10. The standard InChI is InChI=1S/C14H16N4/c1-4-18-13-8-6-5-7-12(13)16-14(18)9-11(10-15)17(2)3/h5-9H,4H2,1-3H3/b11-9+. The molecule has 0 aliphatic carbocycles. The minimum Gasteiger partial charge on any atom is -0.369 e. The van der Waals surface area contributed by atoms with Crippen LogP contribution in [0.25, 0.3) is 17.1 Å². The van der Waals surface area contributed by atoms with E-state index in [1.807, 2.05) is 44.4 Å². The maximum Gasteiger partial charge on any atom is 0.136 e. The predicted molar refractivity (Wildman–Crippen MR) is 72.7 cm³/mol. The molecular weight excluding hydrogens is 224 g/mol. The highest BCUT2D eigenvalue weighted by Gasteiger charge is 2.08. The van der Waals surface area contributed by atoms with Crippen molar-refractivity contribution in [1.82, 2.24) is 14.5 Å². The summed E-state index contributed by atoms with van der Waals surface area (Å²) >= 11 is 0. The van der Waals surface area contributed by atoms with Crippen LogP contribution in [0, 0.1) is 11.3 Å². The van der Waals surface area contributed by atoms with Crippen LogP contribution < -0.4 is 0 Å². The third-order valence-electron chi connectivity index (χ3n) is 2.86. The Balaban J connectivity index is 2.61. The van der Waals surface area contributed by atoms with Crippen LogP contribution in [0.3, 0.4) is 0 Å². The number of rotatable bonds is 3. The number of aromatic nitrogens is 2. The Kier molecular flexibility index (Phi) is 3.33. The van der Waals surface area contributed by atoms with Crippen molar-refractivity contribution in [2.75, 3.05) is 14.1 Å². The Morgan fingerprint density at radius 1 is 1.44 bits per heavy atom. The second kappa shape index (κ2) is 4.92. The fraction of sp³-hybridized carbons (Fsp3) is 0.286. The topological polar surface area (TPSA) is 44.9 Å². The van der Waals surface area contributed by atoms with E-state index < -0.39 is 0 Å². The molecule has 92 valence electrons. The predicted octanol–water partition coefficient (Wildman–Crippen LogP) is 2.48. The Morgan fingerprint density at radius 3 is 2.78 bits per heavy atom. The van der Waals surface area contributed by atoms with Crippen LogP contribution in [0.15, 0.2) is 30.0 Å². The molecule has 0 radical (unpaired) electrons. The van der Waals surface area contributed by atoms with Crippen LogP contribution in [-0.4, -0.2) is 28.5 Å². The van der Waals surface area contributed by atoms with Gasteiger partial charge in [0.05, 0.1) is 11.0 Å². The zero-order chi connectivity index (χ0) is 13.1. The van der Waals surface area contributed by atoms with Gasteiger partial charge in [-0.2, -0.15) is 5.26 Å². The minimum atomic E-state index is 0.597. The van der Waals surface area contributed by atoms with Crippen LogP contribution in [0.1, 0.15) is 12.7 Å². The number of hydrogen-bond acceptors (Lipinski definition) is 3. The molecule has 1 aromatic heterocycles. The third-order valence-corrected chi connectivity index (χ3v) is 2.86. The lowest BCUT2D eigenvalue weighted by Gasteiger charge is -2.10. The zero-order valence-corrected chi connectivity index (χ0v) is 10.9. The van der Waals surface area contributed by atoms with Gasteiger partial charge in [-0.25, -0.2) is 4.98 Å². The maximum absolute atomic E-state index is 9.10. The Morgan fingerprint density at radius 2 is 2.17 bits per heavy atom. The monoisotopic (exact) mass is 240 g/mol. The minimum absolute atomic E-state index is 0.597. The number of nitrogens with zero attached hydrogens (tertiary/aromatic N) is 4. The van der Waals surface area contributed by atoms with Gasteiger partial charge in [-0.05, 0) is 19.1 Å². The molecule has 4 nitrogen and oxygen atoms in total. The van der Waals surface area contributed by atoms with Gasteiger partial charge in [0.25, 0.3) is 0 Å². The molecule has 0 N–H and O–H groups in total. The summed E-state index contributed by atoms with van der Waals surface area (Å²) in [5.74, 6) is 0.823. The first-order chi connectivity index (χ1) is 8.67. The molecule has 0 spiro atoms. The summed E-state index contributed by atoms with van der Waals surface area (Å²) < 4.78 is 2.11. The Labute approximate surface area is 107 Å². The molecule has 0 saturated carbocycles. The van der Waals surface area contributed by atoms with Crippen LogP contribution in [-0.2, 0) is 6.54 Å². The van der Waals surface area contributed by atoms with Gasteiger partial charge in [0, 0.05) is 26.7 Å². The van der Waals surface area contributed by atoms with Crippen LogP contribution in [0.4, 0.5) is 0 Å². The smallest absolute Gasteiger partial charge is 0.136 e. The van der Waals surface area contributed by atoms with E-state index in [0.717, 1.165) is 23.4 Å². The van der Waals surface area contributed by atoms with Crippen LogP contribution in [0.5, 0.6) is 0 Å². The maximum atomic E-state index is 9.10. The van der Waals surface area contributed by atoms with Crippen molar-refractivity contribution >= 4 is 17.1 Å². The molecule has 0 unspecified atom stereocenters. The van der Waals surface area contributed by atoms with Gasteiger partial charge in [0.15, 0.2) is 0 Å². The van der Waals surface area contributed by atoms with Gasteiger partial charge in [-0.15, -0.1) is 0 Å². The molecule has 0 aliphatic heterocycles. The van der Waals surface area contributed by atoms with Gasteiger partial charge < -0.3 is 9.47 Å². The quantitative estimate of drug-likeness (QED) is 0.774. The molecule has 0 amide bonds. The number of para-hydroxylation sites is 2. The summed E-state index contributed by atoms with van der Waals surface area (Å²) in [5, 5.41) is 9.10. The average Bonchev–Trinajstić information content (AvgIpc) is 2.72. The number of allylic oxidation sites excluding steroid dienone is 1. The number of hydrogen-bond donors (Lipinski definition) is 0. The van der Waals surface area contributed by atoms with Gasteiger partial charge in [0.1, 0.15) is 17.6 Å². The van der Waals surface area contributed by atoms with Crippen molar-refractivity contribution in [3.63, 3.8) is 0 Å². The number of nitriles is 1. The highest BCUT2D eigenvalue weighted by Crippen LogP contribution is 2.18. The molecule has 1 aromatic carbocycles. The third kappa shape index (κ3) is 2.07. The molecular formula is C14H16N4. The van der Waals surface area contributed by atoms with Crippen molar-refractivity contribution in [2.24, 2.45) is 0 Å². The molecule has 0 aliphatic rings. The molecule has 4 heteroatoms. The van der Waals surface area contributed by atoms with Crippen molar-refractivity contribution in [1.29, 1.82) is 5.26 Å². The van der Waals surface area contributed by atoms with Crippen LogP contribution >= 0.6 is 0 Å². The fourth-order valence-corrected chi connectivity index (χ4v) is 1.92. The highest BCUT2D eigenvalue weighted by molar-refractivity contribution is 5.78. The molecule has 0 atom stereocenters. The number of imidazole rings is 1. The van der Waals surface area contributed by atoms with Gasteiger partial charge in [-0.3, -0.25) is 0 Å². The first kappa shape index (κ1) is 12.2. The van der Waals surface area contributed by atoms with E-state index >= 15 is 0 Å². The van der Waals surface area contributed by atoms with E-state index in [9.17, 15) is 0 Å². The highest BCUT2D eigenvalue weighted by atomic mass is 15.1. The van der Waals surface area contributed by atoms with Crippen molar-refractivity contribution < 1.29 is 0 Å². The molecule has 0 bridgehead atoms. The summed E-state index contributed by atoms with van der Waals surface area (Å²) in [4.78, 5) is 6.35. The zero-order valence-electron chi connectivity index (χ0n) is 10.9. The Hall–Kier alpha value is -2.28. The Bertz CT molecular complexity index is 629. The van der Waals surface area contributed by atoms with Crippen molar-refractivity contribution in [3.05, 3.63) is 35.8 Å². The first-order valence-electron chi connectivity index (χ1n) is 5.91. The molecule has 0 saturated heterocycles. The summed E-state index contributed by atoms with van der Waals surface area (Å²) in [6, 6.07) is 10.2. The summed E-state index contributed by atoms with van der Waals surface area (Å²) in [7, 11) is 3.71. The molecule has 18 heavy (non-hydrogen) atoms. The number of fused-ring (bicyclic) bond motifs is 1. The summed E-state index contributed by atoms with van der Waals surface area (Å²) in [6.45, 7) is 2.91. The lowest BCUT2D eigenvalue weighted by atomic mass is 10.3. The normalized spacial score (nSPS) is 11.6. The van der Waals surface area contributed by atoms with Gasteiger partial charge >= 0.3 is 0 Å². The molecule has 1 heterocycles. The first-order valence-corrected chi connectivity index (χ1v) is 5.91. The average molecular weight is 240 g/mol. The van der Waals surface area contributed by atoms with E-state index in [1.54, 1.807) is 4.90 Å². The number of aryl methyl sites for hydroxylation is 1. The molecule has 2 aromatic rings. The van der Waals surface area contributed by atoms with E-state index in [-0.39, 0.29) is 0 Å². The van der Waals surface area contributed by atoms with E-state index in [1.165, 1.54) is 0 Å². The summed E-state index contributed by atoms with van der Waals surface area (Å²) in [6.07, 6.45) is 1.82. The van der Waals surface area contributed by atoms with Crippen molar-refractivity contribution in [3.8, 4) is 6.07 Å². The van der Waals surface area contributed by atoms with Gasteiger partial charge in [-0.1, -0.05) is 12.1 Å². The molecule has 0 fully saturated rings. The number of benzene rings is 1. The van der Waals surface area contributed by atoms with E-state index in [4.69, 9.17) is 5.26 Å². The van der Waals surface area contributed by atoms with Gasteiger partial charge in [0.2, 0.25) is 0 Å². The second-order valence-corrected chi connectivity index (χ2v) is 4.24. The SMILES string of the molecule is CCn1c(/C=C(\C#N)N(C)C)nc2ccccc21. The molecule has 2 rings (SSSR count).